The molecule has 0 saturated heterocycles. The summed E-state index contributed by atoms with van der Waals surface area (Å²) in [5.74, 6) is 0. The second kappa shape index (κ2) is 3.64. The monoisotopic (exact) mass is 276 g/mol. The molecule has 0 radical (unpaired) electrons. The molecule has 0 atom stereocenters. The maximum Gasteiger partial charge on any atom is 0.182 e. The maximum absolute atomic E-state index is 10.6. The van der Waals surface area contributed by atoms with Crippen molar-refractivity contribution in [1.29, 1.82) is 0 Å². The zero-order valence-electron chi connectivity index (χ0n) is 7.60. The molecule has 1 aromatic rings. The molecule has 12 heavy (non-hydrogen) atoms. The predicted molar refractivity (Wildman–Crippen MR) is 58.5 cm³/mol. The van der Waals surface area contributed by atoms with Crippen molar-refractivity contribution in [2.75, 3.05) is 0 Å². The molecule has 0 aliphatic rings. The minimum Gasteiger partial charge on any atom is -0.265 e. The Hall–Kier alpha value is -0.250. The maximum atomic E-state index is 10.6. The molecular weight excluding hydrogens is 263 g/mol. The fraction of sp³-hybridized carbons (Fsp3) is 0.400. The van der Waals surface area contributed by atoms with Crippen LogP contribution in [0.25, 0.3) is 0 Å². The Morgan fingerprint density at radius 2 is 1.58 bits per heavy atom. The summed E-state index contributed by atoms with van der Waals surface area (Å²) in [7, 11) is 0. The minimum absolute atomic E-state index is 0.194. The highest BCUT2D eigenvalue weighted by Gasteiger charge is 2.12. The molecule has 0 aromatic heterocycles. The Bertz CT molecular complexity index is 269. The van der Waals surface area contributed by atoms with Gasteiger partial charge in [-0.05, 0) is 23.1 Å². The number of benzene rings is 1. The third-order valence-corrected chi connectivity index (χ3v) is 3.03. The molecule has 0 N–H and O–H groups in total. The van der Waals surface area contributed by atoms with Gasteiger partial charge in [0.15, 0.2) is 21.2 Å². The Labute approximate surface area is 83.8 Å². The summed E-state index contributed by atoms with van der Waals surface area (Å²) in [5, 5.41) is 0. The van der Waals surface area contributed by atoms with Gasteiger partial charge in [-0.1, -0.05) is 32.9 Å². The van der Waals surface area contributed by atoms with Gasteiger partial charge < -0.3 is 0 Å². The van der Waals surface area contributed by atoms with E-state index in [2.05, 4.69) is 32.9 Å². The van der Waals surface area contributed by atoms with Crippen LogP contribution in [0.1, 0.15) is 26.3 Å². The van der Waals surface area contributed by atoms with Gasteiger partial charge in [-0.25, -0.2) is 0 Å². The van der Waals surface area contributed by atoms with Crippen molar-refractivity contribution in [2.45, 2.75) is 26.2 Å². The van der Waals surface area contributed by atoms with Gasteiger partial charge in [0.25, 0.3) is 0 Å². The third-order valence-electron chi connectivity index (χ3n) is 1.80. The van der Waals surface area contributed by atoms with Crippen LogP contribution in [0, 0.1) is 3.57 Å². The second-order valence-electron chi connectivity index (χ2n) is 3.83. The first-order valence-electron chi connectivity index (χ1n) is 3.91. The molecule has 0 bridgehead atoms. The van der Waals surface area contributed by atoms with Gasteiger partial charge in [0.1, 0.15) is 0 Å². The quantitative estimate of drug-likeness (QED) is 0.718. The highest BCUT2D eigenvalue weighted by atomic mass is 127. The van der Waals surface area contributed by atoms with Gasteiger partial charge in [-0.3, -0.25) is 3.07 Å². The number of rotatable bonds is 1. The first-order valence-corrected chi connectivity index (χ1v) is 5.87. The lowest BCUT2D eigenvalue weighted by Gasteiger charge is -2.18. The summed E-state index contributed by atoms with van der Waals surface area (Å²) in [6.45, 7) is 6.52. The lowest BCUT2D eigenvalue weighted by atomic mass is 9.87. The molecule has 0 fully saturated rings. The average molecular weight is 276 g/mol. The first-order chi connectivity index (χ1) is 5.54. The number of hydrogen-bond donors (Lipinski definition) is 0. The molecule has 1 aromatic carbocycles. The van der Waals surface area contributed by atoms with E-state index in [4.69, 9.17) is 0 Å². The Kier molecular flexibility index (Phi) is 2.99. The number of halogens is 1. The van der Waals surface area contributed by atoms with Crippen LogP contribution < -0.4 is 0 Å². The first kappa shape index (κ1) is 9.84. The van der Waals surface area contributed by atoms with E-state index in [0.29, 0.717) is 0 Å². The van der Waals surface area contributed by atoms with Gasteiger partial charge in [-0.15, -0.1) is 0 Å². The van der Waals surface area contributed by atoms with E-state index in [1.165, 1.54) is 5.56 Å². The van der Waals surface area contributed by atoms with Crippen LogP contribution in [0.5, 0.6) is 0 Å². The molecule has 0 amide bonds. The van der Waals surface area contributed by atoms with Crippen molar-refractivity contribution in [2.24, 2.45) is 0 Å². The highest BCUT2D eigenvalue weighted by molar-refractivity contribution is 14.1. The topological polar surface area (TPSA) is 17.1 Å². The predicted octanol–water partition coefficient (Wildman–Crippen LogP) is 3.47. The highest BCUT2D eigenvalue weighted by Crippen LogP contribution is 2.23. The fourth-order valence-corrected chi connectivity index (χ4v) is 1.65. The Morgan fingerprint density at radius 1 is 1.08 bits per heavy atom. The van der Waals surface area contributed by atoms with E-state index >= 15 is 0 Å². The zero-order chi connectivity index (χ0) is 9.19. The summed E-state index contributed by atoms with van der Waals surface area (Å²) < 4.78 is 11.6. The third kappa shape index (κ3) is 2.37. The summed E-state index contributed by atoms with van der Waals surface area (Å²) in [5.41, 5.74) is 1.49. The van der Waals surface area contributed by atoms with Crippen LogP contribution in [0.15, 0.2) is 24.3 Å². The fourth-order valence-electron chi connectivity index (χ4n) is 1.00. The van der Waals surface area contributed by atoms with Crippen molar-refractivity contribution in [3.63, 3.8) is 0 Å². The lowest BCUT2D eigenvalue weighted by molar-refractivity contribution is 0.590. The van der Waals surface area contributed by atoms with E-state index < -0.39 is 21.2 Å². The molecule has 0 spiro atoms. The van der Waals surface area contributed by atoms with E-state index in [0.717, 1.165) is 3.57 Å². The van der Waals surface area contributed by atoms with E-state index in [1.54, 1.807) is 0 Å². The van der Waals surface area contributed by atoms with E-state index in [9.17, 15) is 3.07 Å². The molecule has 0 saturated carbocycles. The molecule has 0 aliphatic heterocycles. The lowest BCUT2D eigenvalue weighted by Crippen LogP contribution is -2.10. The van der Waals surface area contributed by atoms with Gasteiger partial charge in [0, 0.05) is 3.57 Å². The van der Waals surface area contributed by atoms with Crippen molar-refractivity contribution in [1.82, 2.24) is 0 Å². The molecule has 0 unspecified atom stereocenters. The van der Waals surface area contributed by atoms with Crippen LogP contribution >= 0.6 is 21.2 Å². The van der Waals surface area contributed by atoms with E-state index in [-0.39, 0.29) is 5.41 Å². The molecular formula is C10H13IO. The molecule has 66 valence electrons. The SMILES string of the molecule is CC(C)(C)c1ccc(I=O)cc1. The van der Waals surface area contributed by atoms with Crippen molar-refractivity contribution >= 4 is 21.2 Å². The summed E-state index contributed by atoms with van der Waals surface area (Å²) in [6.07, 6.45) is 0. The zero-order valence-corrected chi connectivity index (χ0v) is 9.75. The Balaban J connectivity index is 3.00. The van der Waals surface area contributed by atoms with Crippen molar-refractivity contribution in [3.8, 4) is 0 Å². The van der Waals surface area contributed by atoms with Gasteiger partial charge in [0.2, 0.25) is 0 Å². The van der Waals surface area contributed by atoms with Gasteiger partial charge in [-0.2, -0.15) is 0 Å². The molecule has 0 aliphatic carbocycles. The van der Waals surface area contributed by atoms with Gasteiger partial charge in [0.05, 0.1) is 0 Å². The number of hydrogen-bond acceptors (Lipinski definition) is 1. The largest absolute Gasteiger partial charge is 0.265 e. The molecule has 1 rings (SSSR count). The van der Waals surface area contributed by atoms with Gasteiger partial charge >= 0.3 is 0 Å². The molecule has 1 nitrogen and oxygen atoms in total. The summed E-state index contributed by atoms with van der Waals surface area (Å²) in [6, 6.07) is 8.04. The molecule has 2 heteroatoms. The average Bonchev–Trinajstić information content (AvgIpc) is 2.03. The van der Waals surface area contributed by atoms with Crippen LogP contribution in [-0.4, -0.2) is 0 Å². The Morgan fingerprint density at radius 3 is 1.92 bits per heavy atom. The van der Waals surface area contributed by atoms with E-state index in [1.807, 2.05) is 12.1 Å². The second-order valence-corrected chi connectivity index (χ2v) is 5.52. The van der Waals surface area contributed by atoms with Crippen LogP contribution in [0.4, 0.5) is 0 Å². The molecule has 0 heterocycles. The van der Waals surface area contributed by atoms with Crippen molar-refractivity contribution in [3.05, 3.63) is 33.4 Å². The standard InChI is InChI=1S/C10H13IO/c1-10(2,3)8-4-6-9(11-12)7-5-8/h4-7H,1-3H3. The smallest absolute Gasteiger partial charge is 0.182 e. The summed E-state index contributed by atoms with van der Waals surface area (Å²) in [4.78, 5) is 0. The van der Waals surface area contributed by atoms with Crippen LogP contribution in [0.2, 0.25) is 0 Å². The van der Waals surface area contributed by atoms with Crippen molar-refractivity contribution < 1.29 is 3.07 Å². The summed E-state index contributed by atoms with van der Waals surface area (Å²) >= 11 is -0.990. The van der Waals surface area contributed by atoms with Crippen LogP contribution in [-0.2, 0) is 8.48 Å². The minimum atomic E-state index is -0.990. The van der Waals surface area contributed by atoms with Crippen LogP contribution in [0.3, 0.4) is 0 Å². The normalized spacial score (nSPS) is 11.6.